The van der Waals surface area contributed by atoms with Crippen LogP contribution in [0.3, 0.4) is 0 Å². The van der Waals surface area contributed by atoms with Crippen molar-refractivity contribution in [2.24, 2.45) is 5.41 Å². The fourth-order valence-electron chi connectivity index (χ4n) is 4.05. The van der Waals surface area contributed by atoms with E-state index in [-0.39, 0.29) is 40.7 Å². The molecule has 1 N–H and O–H groups in total. The number of benzene rings is 2. The largest absolute Gasteiger partial charge is 0.493 e. The summed E-state index contributed by atoms with van der Waals surface area (Å²) in [5.41, 5.74) is -2.60. The van der Waals surface area contributed by atoms with Gasteiger partial charge in [0.15, 0.2) is 0 Å². The van der Waals surface area contributed by atoms with Crippen LogP contribution >= 0.6 is 0 Å². The standard InChI is InChI=1S/C25H27FO9S/c1-4-15(3)35-24(30)25(22(27)28,23(29)33-5-2)20-11-12-34-21-14-18(9-10-19(20)21)36(31,32)17-8-6-7-16(26)13-17/h6-10,13-15,20H,4-5,11-12H2,1-3H3,(H,27,28). The third-order valence-electron chi connectivity index (χ3n) is 6.10. The fraction of sp³-hybridized carbons (Fsp3) is 0.400. The van der Waals surface area contributed by atoms with E-state index in [2.05, 4.69) is 0 Å². The summed E-state index contributed by atoms with van der Waals surface area (Å²) in [7, 11) is -4.14. The van der Waals surface area contributed by atoms with E-state index in [4.69, 9.17) is 14.2 Å². The number of carboxylic acids is 1. The average Bonchev–Trinajstić information content (AvgIpc) is 2.84. The number of rotatable bonds is 9. The highest BCUT2D eigenvalue weighted by Crippen LogP contribution is 2.48. The van der Waals surface area contributed by atoms with Gasteiger partial charge in [0.05, 0.1) is 29.1 Å². The summed E-state index contributed by atoms with van der Waals surface area (Å²) in [6.45, 7) is 4.50. The van der Waals surface area contributed by atoms with Gasteiger partial charge in [0.2, 0.25) is 9.84 Å². The average molecular weight is 523 g/mol. The predicted octanol–water partition coefficient (Wildman–Crippen LogP) is 3.50. The van der Waals surface area contributed by atoms with Crippen LogP contribution in [0.1, 0.15) is 45.1 Å². The highest BCUT2D eigenvalue weighted by Gasteiger charge is 2.63. The van der Waals surface area contributed by atoms with Crippen LogP contribution in [0, 0.1) is 11.2 Å². The monoisotopic (exact) mass is 522 g/mol. The number of sulfone groups is 1. The highest BCUT2D eigenvalue weighted by molar-refractivity contribution is 7.91. The van der Waals surface area contributed by atoms with Crippen molar-refractivity contribution < 1.29 is 46.5 Å². The third-order valence-corrected chi connectivity index (χ3v) is 7.85. The second-order valence-corrected chi connectivity index (χ2v) is 10.3. The summed E-state index contributed by atoms with van der Waals surface area (Å²) in [6.07, 6.45) is -0.330. The normalized spacial score (nSPS) is 17.6. The molecule has 11 heteroatoms. The van der Waals surface area contributed by atoms with Gasteiger partial charge in [-0.25, -0.2) is 12.8 Å². The summed E-state index contributed by atoms with van der Waals surface area (Å²) in [5, 5.41) is 10.2. The molecule has 194 valence electrons. The van der Waals surface area contributed by atoms with E-state index in [1.54, 1.807) is 13.8 Å². The lowest BCUT2D eigenvalue weighted by Crippen LogP contribution is -2.54. The smallest absolute Gasteiger partial charge is 0.336 e. The van der Waals surface area contributed by atoms with Gasteiger partial charge in [0.1, 0.15) is 11.6 Å². The minimum absolute atomic E-state index is 0.0185. The maximum Gasteiger partial charge on any atom is 0.336 e. The van der Waals surface area contributed by atoms with E-state index in [0.29, 0.717) is 6.42 Å². The Balaban J connectivity index is 2.15. The quantitative estimate of drug-likeness (QED) is 0.388. The molecule has 0 aliphatic carbocycles. The Labute approximate surface area is 208 Å². The first-order chi connectivity index (χ1) is 17.0. The molecule has 0 fully saturated rings. The van der Waals surface area contributed by atoms with E-state index in [1.165, 1.54) is 37.3 Å². The van der Waals surface area contributed by atoms with Crippen LogP contribution in [0.15, 0.2) is 52.3 Å². The fourth-order valence-corrected chi connectivity index (χ4v) is 5.36. The summed E-state index contributed by atoms with van der Waals surface area (Å²) < 4.78 is 55.7. The van der Waals surface area contributed by atoms with Gasteiger partial charge in [-0.3, -0.25) is 14.4 Å². The number of hydrogen-bond acceptors (Lipinski definition) is 8. The molecule has 3 rings (SSSR count). The molecule has 2 aromatic rings. The molecule has 9 nitrogen and oxygen atoms in total. The zero-order valence-corrected chi connectivity index (χ0v) is 20.8. The summed E-state index contributed by atoms with van der Waals surface area (Å²) >= 11 is 0. The molecule has 0 amide bonds. The van der Waals surface area contributed by atoms with Crippen molar-refractivity contribution in [2.45, 2.75) is 55.4 Å². The maximum atomic E-state index is 13.6. The van der Waals surface area contributed by atoms with E-state index in [1.807, 2.05) is 0 Å². The Morgan fingerprint density at radius 1 is 1.14 bits per heavy atom. The van der Waals surface area contributed by atoms with Gasteiger partial charge in [-0.15, -0.1) is 0 Å². The number of ether oxygens (including phenoxy) is 3. The molecule has 3 atom stereocenters. The minimum Gasteiger partial charge on any atom is -0.493 e. The number of hydrogen-bond donors (Lipinski definition) is 1. The van der Waals surface area contributed by atoms with Gasteiger partial charge >= 0.3 is 17.9 Å². The highest BCUT2D eigenvalue weighted by atomic mass is 32.2. The third kappa shape index (κ3) is 4.79. The van der Waals surface area contributed by atoms with Crippen LogP contribution in [0.4, 0.5) is 4.39 Å². The second kappa shape index (κ2) is 10.7. The summed E-state index contributed by atoms with van der Waals surface area (Å²) in [5.74, 6) is -6.30. The Morgan fingerprint density at radius 3 is 2.44 bits per heavy atom. The molecule has 1 aliphatic heterocycles. The molecular formula is C25H27FO9S. The van der Waals surface area contributed by atoms with Crippen LogP contribution in [0.2, 0.25) is 0 Å². The molecule has 0 aromatic heterocycles. The van der Waals surface area contributed by atoms with Crippen LogP contribution in [0.25, 0.3) is 0 Å². The van der Waals surface area contributed by atoms with Gasteiger partial charge < -0.3 is 19.3 Å². The number of fused-ring (bicyclic) bond motifs is 1. The van der Waals surface area contributed by atoms with Crippen LogP contribution in [-0.2, 0) is 33.7 Å². The Kier molecular flexibility index (Phi) is 8.02. The molecule has 1 aliphatic rings. The number of carbonyl (C=O) groups is 3. The van der Waals surface area contributed by atoms with E-state index in [9.17, 15) is 32.3 Å². The molecule has 0 radical (unpaired) electrons. The maximum absolute atomic E-state index is 13.6. The van der Waals surface area contributed by atoms with Gasteiger partial charge in [-0.2, -0.15) is 0 Å². The van der Waals surface area contributed by atoms with Crippen LogP contribution in [-0.4, -0.2) is 50.7 Å². The molecule has 3 unspecified atom stereocenters. The molecular weight excluding hydrogens is 495 g/mol. The van der Waals surface area contributed by atoms with Crippen molar-refractivity contribution in [3.05, 3.63) is 53.8 Å². The van der Waals surface area contributed by atoms with Gasteiger partial charge in [-0.05, 0) is 62.6 Å². The lowest BCUT2D eigenvalue weighted by molar-refractivity contribution is -0.186. The zero-order valence-electron chi connectivity index (χ0n) is 20.0. The van der Waals surface area contributed by atoms with Crippen molar-refractivity contribution in [1.29, 1.82) is 0 Å². The topological polar surface area (TPSA) is 133 Å². The summed E-state index contributed by atoms with van der Waals surface area (Å²) in [6, 6.07) is 8.13. The Morgan fingerprint density at radius 2 is 1.83 bits per heavy atom. The second-order valence-electron chi connectivity index (χ2n) is 8.31. The SMILES string of the molecule is CCOC(=O)C(C(=O)O)(C(=O)OC(C)CC)C1CCOc2cc(S(=O)(=O)c3cccc(F)c3)ccc21. The lowest BCUT2D eigenvalue weighted by atomic mass is 9.69. The van der Waals surface area contributed by atoms with Crippen molar-refractivity contribution in [1.82, 2.24) is 0 Å². The van der Waals surface area contributed by atoms with Crippen LogP contribution in [0.5, 0.6) is 5.75 Å². The van der Waals surface area contributed by atoms with E-state index in [0.717, 1.165) is 12.1 Å². The summed E-state index contributed by atoms with van der Waals surface area (Å²) in [4.78, 5) is 38.5. The van der Waals surface area contributed by atoms with Crippen molar-refractivity contribution in [2.75, 3.05) is 13.2 Å². The van der Waals surface area contributed by atoms with E-state index < -0.39 is 51.0 Å². The first-order valence-electron chi connectivity index (χ1n) is 11.4. The van der Waals surface area contributed by atoms with Crippen molar-refractivity contribution in [3.8, 4) is 5.75 Å². The molecule has 0 saturated carbocycles. The Hall–Kier alpha value is -3.47. The van der Waals surface area contributed by atoms with Gasteiger partial charge in [-0.1, -0.05) is 19.1 Å². The minimum atomic E-state index is -4.14. The number of aliphatic carboxylic acids is 1. The predicted molar refractivity (Wildman–Crippen MR) is 124 cm³/mol. The first-order valence-corrected chi connectivity index (χ1v) is 12.9. The lowest BCUT2D eigenvalue weighted by Gasteiger charge is -2.37. The van der Waals surface area contributed by atoms with Crippen LogP contribution < -0.4 is 4.74 Å². The van der Waals surface area contributed by atoms with Crippen molar-refractivity contribution >= 4 is 27.7 Å². The molecule has 2 aromatic carbocycles. The number of carbonyl (C=O) groups excluding carboxylic acids is 2. The number of halogens is 1. The molecule has 36 heavy (non-hydrogen) atoms. The molecule has 0 bridgehead atoms. The van der Waals surface area contributed by atoms with Crippen molar-refractivity contribution in [3.63, 3.8) is 0 Å². The van der Waals surface area contributed by atoms with Gasteiger partial charge in [0.25, 0.3) is 5.41 Å². The Bertz CT molecular complexity index is 1270. The molecule has 0 spiro atoms. The molecule has 1 heterocycles. The number of carboxylic acid groups (broad SMARTS) is 1. The first kappa shape index (κ1) is 27.1. The van der Waals surface area contributed by atoms with E-state index >= 15 is 0 Å². The number of esters is 2. The molecule has 0 saturated heterocycles. The zero-order chi connectivity index (χ0) is 26.7. The van der Waals surface area contributed by atoms with Gasteiger partial charge in [0, 0.05) is 5.92 Å².